The molecule has 0 aliphatic carbocycles. The van der Waals surface area contributed by atoms with E-state index in [9.17, 15) is 4.79 Å². The Hall–Kier alpha value is -1.34. The van der Waals surface area contributed by atoms with Crippen molar-refractivity contribution in [1.29, 1.82) is 5.26 Å². The van der Waals surface area contributed by atoms with Crippen LogP contribution in [0.4, 0.5) is 0 Å². The highest BCUT2D eigenvalue weighted by Crippen LogP contribution is 2.24. The van der Waals surface area contributed by atoms with E-state index in [-0.39, 0.29) is 6.42 Å². The molecule has 1 aromatic rings. The fraction of sp³-hybridized carbons (Fsp3) is 0.200. The summed E-state index contributed by atoms with van der Waals surface area (Å²) >= 11 is 3.23. The van der Waals surface area contributed by atoms with E-state index in [4.69, 9.17) is 10.4 Å². The molecule has 3 nitrogen and oxygen atoms in total. The first-order valence-corrected chi connectivity index (χ1v) is 4.75. The second kappa shape index (κ2) is 4.25. The highest BCUT2D eigenvalue weighted by atomic mass is 79.9. The SMILES string of the molecule is Cc1ccc(CC(=O)O)c(Br)c1C#N. The van der Waals surface area contributed by atoms with Crippen molar-refractivity contribution in [3.8, 4) is 6.07 Å². The van der Waals surface area contributed by atoms with E-state index in [0.29, 0.717) is 15.6 Å². The number of aryl methyl sites for hydroxylation is 1. The van der Waals surface area contributed by atoms with Crippen molar-refractivity contribution >= 4 is 21.9 Å². The molecule has 0 saturated heterocycles. The molecule has 0 fully saturated rings. The van der Waals surface area contributed by atoms with Crippen LogP contribution in [0.2, 0.25) is 0 Å². The van der Waals surface area contributed by atoms with Crippen molar-refractivity contribution in [3.63, 3.8) is 0 Å². The van der Waals surface area contributed by atoms with Gasteiger partial charge in [0.2, 0.25) is 0 Å². The smallest absolute Gasteiger partial charge is 0.307 e. The number of nitriles is 1. The van der Waals surface area contributed by atoms with Gasteiger partial charge in [0, 0.05) is 4.47 Å². The molecule has 1 rings (SSSR count). The van der Waals surface area contributed by atoms with E-state index in [1.807, 2.05) is 13.0 Å². The third kappa shape index (κ3) is 2.12. The summed E-state index contributed by atoms with van der Waals surface area (Å²) in [5, 5.41) is 17.5. The quantitative estimate of drug-likeness (QED) is 0.880. The molecule has 0 spiro atoms. The van der Waals surface area contributed by atoms with Gasteiger partial charge in [-0.1, -0.05) is 12.1 Å². The van der Waals surface area contributed by atoms with Gasteiger partial charge >= 0.3 is 5.97 Å². The minimum atomic E-state index is -0.904. The van der Waals surface area contributed by atoms with Gasteiger partial charge in [-0.25, -0.2) is 0 Å². The van der Waals surface area contributed by atoms with Crippen LogP contribution in [0.3, 0.4) is 0 Å². The molecule has 0 unspecified atom stereocenters. The lowest BCUT2D eigenvalue weighted by Gasteiger charge is -2.05. The zero-order valence-corrected chi connectivity index (χ0v) is 9.13. The number of benzene rings is 1. The lowest BCUT2D eigenvalue weighted by Crippen LogP contribution is -2.02. The van der Waals surface area contributed by atoms with Crippen LogP contribution in [0.25, 0.3) is 0 Å². The minimum absolute atomic E-state index is 0.0739. The van der Waals surface area contributed by atoms with Crippen molar-refractivity contribution in [1.82, 2.24) is 0 Å². The summed E-state index contributed by atoms with van der Waals surface area (Å²) < 4.78 is 0.586. The summed E-state index contributed by atoms with van der Waals surface area (Å²) in [6, 6.07) is 5.51. The van der Waals surface area contributed by atoms with E-state index >= 15 is 0 Å². The normalized spacial score (nSPS) is 9.50. The third-order valence-corrected chi connectivity index (χ3v) is 2.79. The summed E-state index contributed by atoms with van der Waals surface area (Å²) in [5.41, 5.74) is 1.97. The van der Waals surface area contributed by atoms with Gasteiger partial charge in [-0.3, -0.25) is 4.79 Å². The fourth-order valence-corrected chi connectivity index (χ4v) is 1.83. The summed E-state index contributed by atoms with van der Waals surface area (Å²) in [5.74, 6) is -0.904. The van der Waals surface area contributed by atoms with E-state index in [1.54, 1.807) is 12.1 Å². The van der Waals surface area contributed by atoms with Gasteiger partial charge in [-0.05, 0) is 34.0 Å². The van der Waals surface area contributed by atoms with Crippen molar-refractivity contribution in [2.24, 2.45) is 0 Å². The Labute approximate surface area is 90.1 Å². The first-order valence-electron chi connectivity index (χ1n) is 3.96. The standard InChI is InChI=1S/C10H8BrNO2/c1-6-2-3-7(4-9(13)14)10(11)8(6)5-12/h2-3H,4H2,1H3,(H,13,14). The number of nitrogens with zero attached hydrogens (tertiary/aromatic N) is 1. The average molecular weight is 254 g/mol. The lowest BCUT2D eigenvalue weighted by atomic mass is 10.0. The molecule has 1 aromatic carbocycles. The maximum absolute atomic E-state index is 10.5. The molecule has 0 aliphatic heterocycles. The average Bonchev–Trinajstić information content (AvgIpc) is 2.10. The number of aliphatic carboxylic acids is 1. The Morgan fingerprint density at radius 3 is 2.79 bits per heavy atom. The Kier molecular flexibility index (Phi) is 3.26. The molecule has 0 amide bonds. The lowest BCUT2D eigenvalue weighted by molar-refractivity contribution is -0.136. The number of carbonyl (C=O) groups is 1. The largest absolute Gasteiger partial charge is 0.481 e. The molecular weight excluding hydrogens is 246 g/mol. The molecule has 4 heteroatoms. The second-order valence-corrected chi connectivity index (χ2v) is 3.71. The molecule has 0 bridgehead atoms. The van der Waals surface area contributed by atoms with Gasteiger partial charge in [0.25, 0.3) is 0 Å². The van der Waals surface area contributed by atoms with Gasteiger partial charge in [0.15, 0.2) is 0 Å². The first kappa shape index (κ1) is 10.7. The van der Waals surface area contributed by atoms with E-state index in [1.165, 1.54) is 0 Å². The number of hydrogen-bond acceptors (Lipinski definition) is 2. The van der Waals surface area contributed by atoms with Gasteiger partial charge < -0.3 is 5.11 Å². The molecule has 0 radical (unpaired) electrons. The molecule has 14 heavy (non-hydrogen) atoms. The van der Waals surface area contributed by atoms with Gasteiger partial charge in [0.1, 0.15) is 6.07 Å². The highest BCUT2D eigenvalue weighted by molar-refractivity contribution is 9.10. The fourth-order valence-electron chi connectivity index (χ4n) is 1.15. The second-order valence-electron chi connectivity index (χ2n) is 2.91. The van der Waals surface area contributed by atoms with E-state index < -0.39 is 5.97 Å². The summed E-state index contributed by atoms with van der Waals surface area (Å²) in [7, 11) is 0. The third-order valence-electron chi connectivity index (χ3n) is 1.88. The molecule has 0 aliphatic rings. The predicted octanol–water partition coefficient (Wildman–Crippen LogP) is 2.26. The number of halogens is 1. The predicted molar refractivity (Wildman–Crippen MR) is 54.9 cm³/mol. The maximum Gasteiger partial charge on any atom is 0.307 e. The van der Waals surface area contributed by atoms with Crippen LogP contribution in [-0.2, 0) is 11.2 Å². The van der Waals surface area contributed by atoms with Gasteiger partial charge in [0.05, 0.1) is 12.0 Å². The maximum atomic E-state index is 10.5. The topological polar surface area (TPSA) is 61.1 Å². The number of rotatable bonds is 2. The van der Waals surface area contributed by atoms with Crippen molar-refractivity contribution in [3.05, 3.63) is 33.3 Å². The molecular formula is C10H8BrNO2. The van der Waals surface area contributed by atoms with Gasteiger partial charge in [-0.15, -0.1) is 0 Å². The summed E-state index contributed by atoms with van der Waals surface area (Å²) in [4.78, 5) is 10.5. The van der Waals surface area contributed by atoms with Gasteiger partial charge in [-0.2, -0.15) is 5.26 Å². The number of hydrogen-bond donors (Lipinski definition) is 1. The Morgan fingerprint density at radius 1 is 1.64 bits per heavy atom. The van der Waals surface area contributed by atoms with E-state index in [0.717, 1.165) is 5.56 Å². The first-order chi connectivity index (χ1) is 6.56. The van der Waals surface area contributed by atoms with Crippen molar-refractivity contribution < 1.29 is 9.90 Å². The molecule has 1 N–H and O–H groups in total. The van der Waals surface area contributed by atoms with Crippen LogP contribution < -0.4 is 0 Å². The van der Waals surface area contributed by atoms with Crippen LogP contribution >= 0.6 is 15.9 Å². The summed E-state index contributed by atoms with van der Waals surface area (Å²) in [6.45, 7) is 1.81. The van der Waals surface area contributed by atoms with Crippen LogP contribution in [0.1, 0.15) is 16.7 Å². The highest BCUT2D eigenvalue weighted by Gasteiger charge is 2.10. The van der Waals surface area contributed by atoms with Crippen LogP contribution in [0.15, 0.2) is 16.6 Å². The van der Waals surface area contributed by atoms with E-state index in [2.05, 4.69) is 15.9 Å². The molecule has 0 atom stereocenters. The van der Waals surface area contributed by atoms with Crippen LogP contribution in [0.5, 0.6) is 0 Å². The minimum Gasteiger partial charge on any atom is -0.481 e. The Bertz CT molecular complexity index is 421. The monoisotopic (exact) mass is 253 g/mol. The molecule has 72 valence electrons. The Morgan fingerprint density at radius 2 is 2.29 bits per heavy atom. The number of carboxylic acid groups (broad SMARTS) is 1. The zero-order chi connectivity index (χ0) is 10.7. The number of carboxylic acids is 1. The Balaban J connectivity index is 3.23. The molecule has 0 saturated carbocycles. The summed E-state index contributed by atoms with van der Waals surface area (Å²) in [6.07, 6.45) is -0.0739. The molecule has 0 aromatic heterocycles. The molecule has 0 heterocycles. The zero-order valence-electron chi connectivity index (χ0n) is 7.54. The van der Waals surface area contributed by atoms with Crippen LogP contribution in [0, 0.1) is 18.3 Å². The van der Waals surface area contributed by atoms with Crippen molar-refractivity contribution in [2.75, 3.05) is 0 Å². The van der Waals surface area contributed by atoms with Crippen LogP contribution in [-0.4, -0.2) is 11.1 Å². The van der Waals surface area contributed by atoms with Crippen molar-refractivity contribution in [2.45, 2.75) is 13.3 Å².